The molecule has 0 aromatic heterocycles. The second-order valence-corrected chi connectivity index (χ2v) is 4.29. The lowest BCUT2D eigenvalue weighted by Crippen LogP contribution is -2.30. The molecule has 0 bridgehead atoms. The number of benzene rings is 1. The number of rotatable bonds is 7. The number of hydrogen-bond donors (Lipinski definition) is 2. The summed E-state index contributed by atoms with van der Waals surface area (Å²) < 4.78 is 5.51. The standard InChI is InChI=1S/C14H21NO3/c1-3-4-9-18-13-7-5-12(6-8-13)14(17)15-10-11(2)16/h5-8,11,16H,3-4,9-10H2,1-2H3,(H,15,17). The summed E-state index contributed by atoms with van der Waals surface area (Å²) >= 11 is 0. The van der Waals surface area contributed by atoms with E-state index >= 15 is 0 Å². The minimum absolute atomic E-state index is 0.184. The summed E-state index contributed by atoms with van der Waals surface area (Å²) in [5, 5.41) is 11.7. The Bertz CT molecular complexity index is 360. The number of carbonyl (C=O) groups excluding carboxylic acids is 1. The zero-order chi connectivity index (χ0) is 13.4. The molecule has 1 aromatic carbocycles. The molecule has 1 rings (SSSR count). The molecule has 0 fully saturated rings. The molecule has 0 aliphatic rings. The quantitative estimate of drug-likeness (QED) is 0.728. The predicted molar refractivity (Wildman–Crippen MR) is 70.9 cm³/mol. The highest BCUT2D eigenvalue weighted by molar-refractivity contribution is 5.94. The molecule has 18 heavy (non-hydrogen) atoms. The minimum Gasteiger partial charge on any atom is -0.494 e. The van der Waals surface area contributed by atoms with Crippen LogP contribution in [0.25, 0.3) is 0 Å². The van der Waals surface area contributed by atoms with E-state index in [0.29, 0.717) is 12.2 Å². The van der Waals surface area contributed by atoms with E-state index < -0.39 is 6.10 Å². The molecule has 2 N–H and O–H groups in total. The molecule has 0 saturated carbocycles. The Morgan fingerprint density at radius 2 is 2.06 bits per heavy atom. The first kappa shape index (κ1) is 14.5. The number of aliphatic hydroxyl groups excluding tert-OH is 1. The van der Waals surface area contributed by atoms with E-state index in [-0.39, 0.29) is 12.5 Å². The van der Waals surface area contributed by atoms with Crippen molar-refractivity contribution in [3.63, 3.8) is 0 Å². The highest BCUT2D eigenvalue weighted by atomic mass is 16.5. The Hall–Kier alpha value is -1.55. The zero-order valence-electron chi connectivity index (χ0n) is 11.0. The Balaban J connectivity index is 2.46. The predicted octanol–water partition coefficient (Wildman–Crippen LogP) is 1.98. The molecule has 100 valence electrons. The van der Waals surface area contributed by atoms with Gasteiger partial charge in [-0.1, -0.05) is 13.3 Å². The number of aliphatic hydroxyl groups is 1. The maximum absolute atomic E-state index is 11.7. The molecule has 0 aliphatic carbocycles. The van der Waals surface area contributed by atoms with E-state index in [0.717, 1.165) is 18.6 Å². The van der Waals surface area contributed by atoms with E-state index in [1.807, 2.05) is 0 Å². The monoisotopic (exact) mass is 251 g/mol. The fraction of sp³-hybridized carbons (Fsp3) is 0.500. The van der Waals surface area contributed by atoms with Gasteiger partial charge in [-0.15, -0.1) is 0 Å². The van der Waals surface area contributed by atoms with E-state index in [9.17, 15) is 4.79 Å². The van der Waals surface area contributed by atoms with Gasteiger partial charge in [-0.25, -0.2) is 0 Å². The summed E-state index contributed by atoms with van der Waals surface area (Å²) in [4.78, 5) is 11.7. The lowest BCUT2D eigenvalue weighted by Gasteiger charge is -2.08. The molecular weight excluding hydrogens is 230 g/mol. The van der Waals surface area contributed by atoms with Crippen molar-refractivity contribution in [1.82, 2.24) is 5.32 Å². The Labute approximate surface area is 108 Å². The maximum Gasteiger partial charge on any atom is 0.251 e. The summed E-state index contributed by atoms with van der Waals surface area (Å²) in [6.07, 6.45) is 1.59. The summed E-state index contributed by atoms with van der Waals surface area (Å²) in [5.74, 6) is 0.589. The van der Waals surface area contributed by atoms with Crippen LogP contribution in [0.2, 0.25) is 0 Å². The third kappa shape index (κ3) is 5.19. The normalized spacial score (nSPS) is 11.9. The van der Waals surface area contributed by atoms with Crippen LogP contribution in [0.1, 0.15) is 37.0 Å². The van der Waals surface area contributed by atoms with Gasteiger partial charge in [0.05, 0.1) is 12.7 Å². The lowest BCUT2D eigenvalue weighted by atomic mass is 10.2. The van der Waals surface area contributed by atoms with Crippen LogP contribution in [0.5, 0.6) is 5.75 Å². The summed E-state index contributed by atoms with van der Waals surface area (Å²) in [6, 6.07) is 7.01. The van der Waals surface area contributed by atoms with E-state index in [1.54, 1.807) is 31.2 Å². The SMILES string of the molecule is CCCCOc1ccc(C(=O)NCC(C)O)cc1. The lowest BCUT2D eigenvalue weighted by molar-refractivity contribution is 0.0924. The van der Waals surface area contributed by atoms with Crippen LogP contribution < -0.4 is 10.1 Å². The van der Waals surface area contributed by atoms with Gasteiger partial charge in [0.15, 0.2) is 0 Å². The topological polar surface area (TPSA) is 58.6 Å². The molecule has 4 nitrogen and oxygen atoms in total. The van der Waals surface area contributed by atoms with Crippen molar-refractivity contribution in [3.05, 3.63) is 29.8 Å². The van der Waals surface area contributed by atoms with Crippen molar-refractivity contribution in [2.24, 2.45) is 0 Å². The largest absolute Gasteiger partial charge is 0.494 e. The zero-order valence-corrected chi connectivity index (χ0v) is 11.0. The Morgan fingerprint density at radius 3 is 2.61 bits per heavy atom. The van der Waals surface area contributed by atoms with Crippen LogP contribution in [0.15, 0.2) is 24.3 Å². The van der Waals surface area contributed by atoms with Crippen LogP contribution in [0, 0.1) is 0 Å². The molecule has 0 radical (unpaired) electrons. The first-order valence-electron chi connectivity index (χ1n) is 6.32. The number of unbranched alkanes of at least 4 members (excludes halogenated alkanes) is 1. The van der Waals surface area contributed by atoms with Crippen LogP contribution in [-0.2, 0) is 0 Å². The molecule has 0 saturated heterocycles. The van der Waals surface area contributed by atoms with Gasteiger partial charge in [0.1, 0.15) is 5.75 Å². The summed E-state index contributed by atoms with van der Waals surface area (Å²) in [6.45, 7) is 4.70. The molecule has 4 heteroatoms. The molecule has 1 unspecified atom stereocenters. The Morgan fingerprint density at radius 1 is 1.39 bits per heavy atom. The summed E-state index contributed by atoms with van der Waals surface area (Å²) in [5.41, 5.74) is 0.568. The first-order valence-corrected chi connectivity index (χ1v) is 6.32. The number of nitrogens with one attached hydrogen (secondary N) is 1. The molecule has 0 heterocycles. The van der Waals surface area contributed by atoms with Gasteiger partial charge < -0.3 is 15.2 Å². The fourth-order valence-electron chi connectivity index (χ4n) is 1.38. The molecule has 0 spiro atoms. The van der Waals surface area contributed by atoms with Crippen LogP contribution in [0.3, 0.4) is 0 Å². The first-order chi connectivity index (χ1) is 8.63. The second-order valence-electron chi connectivity index (χ2n) is 4.29. The smallest absolute Gasteiger partial charge is 0.251 e. The average molecular weight is 251 g/mol. The van der Waals surface area contributed by atoms with E-state index in [4.69, 9.17) is 9.84 Å². The van der Waals surface area contributed by atoms with Crippen molar-refractivity contribution in [3.8, 4) is 5.75 Å². The minimum atomic E-state index is -0.536. The van der Waals surface area contributed by atoms with Gasteiger partial charge in [0, 0.05) is 12.1 Å². The number of hydrogen-bond acceptors (Lipinski definition) is 3. The maximum atomic E-state index is 11.7. The highest BCUT2D eigenvalue weighted by Crippen LogP contribution is 2.12. The van der Waals surface area contributed by atoms with Gasteiger partial charge in [0.2, 0.25) is 0 Å². The molecule has 1 aromatic rings. The van der Waals surface area contributed by atoms with Crippen LogP contribution in [0.4, 0.5) is 0 Å². The number of ether oxygens (including phenoxy) is 1. The van der Waals surface area contributed by atoms with E-state index in [1.165, 1.54) is 0 Å². The second kappa shape index (κ2) is 7.71. The molecule has 0 aliphatic heterocycles. The number of amides is 1. The van der Waals surface area contributed by atoms with Gasteiger partial charge in [-0.05, 0) is 37.6 Å². The van der Waals surface area contributed by atoms with Gasteiger partial charge in [0.25, 0.3) is 5.91 Å². The van der Waals surface area contributed by atoms with Crippen LogP contribution in [-0.4, -0.2) is 30.3 Å². The molecular formula is C14H21NO3. The van der Waals surface area contributed by atoms with Crippen molar-refractivity contribution < 1.29 is 14.6 Å². The van der Waals surface area contributed by atoms with Crippen LogP contribution >= 0.6 is 0 Å². The fourth-order valence-corrected chi connectivity index (χ4v) is 1.38. The van der Waals surface area contributed by atoms with Crippen molar-refractivity contribution in [2.75, 3.05) is 13.2 Å². The van der Waals surface area contributed by atoms with Gasteiger partial charge in [-0.3, -0.25) is 4.79 Å². The van der Waals surface area contributed by atoms with E-state index in [2.05, 4.69) is 12.2 Å². The van der Waals surface area contributed by atoms with Gasteiger partial charge >= 0.3 is 0 Å². The third-order valence-electron chi connectivity index (χ3n) is 2.44. The molecule has 1 amide bonds. The third-order valence-corrected chi connectivity index (χ3v) is 2.44. The average Bonchev–Trinajstić information content (AvgIpc) is 2.37. The Kier molecular flexibility index (Phi) is 6.22. The van der Waals surface area contributed by atoms with Crippen molar-refractivity contribution >= 4 is 5.91 Å². The molecule has 1 atom stereocenters. The highest BCUT2D eigenvalue weighted by Gasteiger charge is 2.06. The van der Waals surface area contributed by atoms with Gasteiger partial charge in [-0.2, -0.15) is 0 Å². The van der Waals surface area contributed by atoms with Crippen molar-refractivity contribution in [1.29, 1.82) is 0 Å². The summed E-state index contributed by atoms with van der Waals surface area (Å²) in [7, 11) is 0. The number of carbonyl (C=O) groups is 1. The van der Waals surface area contributed by atoms with Crippen molar-refractivity contribution in [2.45, 2.75) is 32.8 Å².